The Morgan fingerprint density at radius 3 is 2.89 bits per heavy atom. The number of unbranched alkanes of at least 4 members (excludes halogenated alkanes) is 1. The van der Waals surface area contributed by atoms with Crippen molar-refractivity contribution in [2.45, 2.75) is 24.7 Å². The summed E-state index contributed by atoms with van der Waals surface area (Å²) in [6.45, 7) is 2.38. The standard InChI is InChI=1S/C11H14N2O4S/c1-2-3-6-12-18(15,16)8-4-5-9-10(7-8)17-11(14)13-9/h4-5,7,12H,2-3,6H2,1H3,(H,13,14). The number of benzene rings is 1. The lowest BCUT2D eigenvalue weighted by atomic mass is 10.3. The van der Waals surface area contributed by atoms with Gasteiger partial charge in [0.05, 0.1) is 10.4 Å². The number of aromatic amines is 1. The van der Waals surface area contributed by atoms with Gasteiger partial charge in [0.25, 0.3) is 0 Å². The Morgan fingerprint density at radius 1 is 1.39 bits per heavy atom. The van der Waals surface area contributed by atoms with E-state index in [0.29, 0.717) is 12.1 Å². The van der Waals surface area contributed by atoms with Crippen LogP contribution >= 0.6 is 0 Å². The van der Waals surface area contributed by atoms with Crippen LogP contribution in [0, 0.1) is 0 Å². The fourth-order valence-electron chi connectivity index (χ4n) is 1.56. The molecule has 1 aromatic heterocycles. The second kappa shape index (κ2) is 4.95. The third-order valence-corrected chi connectivity index (χ3v) is 3.98. The van der Waals surface area contributed by atoms with Gasteiger partial charge in [-0.05, 0) is 18.6 Å². The molecule has 0 fully saturated rings. The van der Waals surface area contributed by atoms with Crippen molar-refractivity contribution in [1.82, 2.24) is 9.71 Å². The van der Waals surface area contributed by atoms with Gasteiger partial charge in [-0.25, -0.2) is 17.9 Å². The maximum atomic E-state index is 11.9. The van der Waals surface area contributed by atoms with Gasteiger partial charge in [-0.1, -0.05) is 13.3 Å². The van der Waals surface area contributed by atoms with Crippen molar-refractivity contribution in [1.29, 1.82) is 0 Å². The van der Waals surface area contributed by atoms with E-state index < -0.39 is 15.8 Å². The maximum absolute atomic E-state index is 11.9. The summed E-state index contributed by atoms with van der Waals surface area (Å²) in [5.41, 5.74) is 0.714. The van der Waals surface area contributed by atoms with E-state index in [0.717, 1.165) is 12.8 Å². The van der Waals surface area contributed by atoms with E-state index in [4.69, 9.17) is 4.42 Å². The third-order valence-electron chi connectivity index (χ3n) is 2.53. The zero-order valence-electron chi connectivity index (χ0n) is 9.89. The van der Waals surface area contributed by atoms with Crippen LogP contribution in [0.5, 0.6) is 0 Å². The lowest BCUT2D eigenvalue weighted by molar-refractivity contribution is 0.553. The number of H-pyrrole nitrogens is 1. The highest BCUT2D eigenvalue weighted by Gasteiger charge is 2.14. The molecule has 0 saturated carbocycles. The first-order valence-electron chi connectivity index (χ1n) is 5.65. The Balaban J connectivity index is 2.32. The van der Waals surface area contributed by atoms with Crippen molar-refractivity contribution in [2.24, 2.45) is 0 Å². The molecule has 0 atom stereocenters. The molecule has 0 unspecified atom stereocenters. The van der Waals surface area contributed by atoms with E-state index >= 15 is 0 Å². The summed E-state index contributed by atoms with van der Waals surface area (Å²) < 4.78 is 31.1. The predicted octanol–water partition coefficient (Wildman–Crippen LogP) is 1.20. The summed E-state index contributed by atoms with van der Waals surface area (Å²) in [5, 5.41) is 0. The molecule has 0 aliphatic rings. The minimum atomic E-state index is -3.54. The number of nitrogens with one attached hydrogen (secondary N) is 2. The maximum Gasteiger partial charge on any atom is 0.417 e. The molecule has 2 rings (SSSR count). The van der Waals surface area contributed by atoms with E-state index in [1.165, 1.54) is 18.2 Å². The molecule has 1 heterocycles. The molecule has 2 aromatic rings. The Hall–Kier alpha value is -1.60. The molecule has 7 heteroatoms. The third kappa shape index (κ3) is 2.62. The van der Waals surface area contributed by atoms with Crippen molar-refractivity contribution in [2.75, 3.05) is 6.54 Å². The first-order chi connectivity index (χ1) is 8.53. The van der Waals surface area contributed by atoms with Gasteiger partial charge in [0.15, 0.2) is 5.58 Å². The largest absolute Gasteiger partial charge is 0.417 e. The van der Waals surface area contributed by atoms with Gasteiger partial charge in [0.1, 0.15) is 0 Å². The molecule has 98 valence electrons. The summed E-state index contributed by atoms with van der Waals surface area (Å²) in [4.78, 5) is 13.5. The lowest BCUT2D eigenvalue weighted by Gasteiger charge is -2.05. The van der Waals surface area contributed by atoms with Crippen LogP contribution in [0.15, 0.2) is 32.3 Å². The number of oxazole rings is 1. The number of hydrogen-bond acceptors (Lipinski definition) is 4. The van der Waals surface area contributed by atoms with E-state index in [1.807, 2.05) is 6.92 Å². The van der Waals surface area contributed by atoms with E-state index in [2.05, 4.69) is 9.71 Å². The van der Waals surface area contributed by atoms with Gasteiger partial charge in [0, 0.05) is 12.6 Å². The van der Waals surface area contributed by atoms with Crippen molar-refractivity contribution >= 4 is 21.1 Å². The number of rotatable bonds is 5. The van der Waals surface area contributed by atoms with Crippen molar-refractivity contribution in [3.8, 4) is 0 Å². The van der Waals surface area contributed by atoms with Crippen LogP contribution in [0.3, 0.4) is 0 Å². The molecular formula is C11H14N2O4S. The van der Waals surface area contributed by atoms with E-state index in [9.17, 15) is 13.2 Å². The Morgan fingerprint density at radius 2 is 2.17 bits per heavy atom. The molecular weight excluding hydrogens is 256 g/mol. The normalized spacial score (nSPS) is 12.1. The molecule has 6 nitrogen and oxygen atoms in total. The molecule has 0 radical (unpaired) electrons. The molecule has 0 spiro atoms. The monoisotopic (exact) mass is 270 g/mol. The molecule has 0 aliphatic heterocycles. The van der Waals surface area contributed by atoms with Crippen molar-refractivity contribution < 1.29 is 12.8 Å². The van der Waals surface area contributed by atoms with Crippen LogP contribution in [0.1, 0.15) is 19.8 Å². The summed E-state index contributed by atoms with van der Waals surface area (Å²) >= 11 is 0. The quantitative estimate of drug-likeness (QED) is 0.798. The smallest absolute Gasteiger partial charge is 0.408 e. The van der Waals surface area contributed by atoms with Crippen molar-refractivity contribution in [3.05, 3.63) is 28.7 Å². The first kappa shape index (κ1) is 12.8. The van der Waals surface area contributed by atoms with Crippen LogP contribution in [0.2, 0.25) is 0 Å². The van der Waals surface area contributed by atoms with Crippen LogP contribution in [0.25, 0.3) is 11.1 Å². The van der Waals surface area contributed by atoms with Crippen LogP contribution in [0.4, 0.5) is 0 Å². The predicted molar refractivity (Wildman–Crippen MR) is 66.9 cm³/mol. The van der Waals surface area contributed by atoms with Crippen molar-refractivity contribution in [3.63, 3.8) is 0 Å². The molecule has 0 bridgehead atoms. The topological polar surface area (TPSA) is 92.2 Å². The Labute approximate surface area is 104 Å². The number of fused-ring (bicyclic) bond motifs is 1. The second-order valence-corrected chi connectivity index (χ2v) is 5.69. The fourth-order valence-corrected chi connectivity index (χ4v) is 2.65. The number of sulfonamides is 1. The zero-order valence-corrected chi connectivity index (χ0v) is 10.7. The molecule has 1 aromatic carbocycles. The average Bonchev–Trinajstić information content (AvgIpc) is 2.68. The zero-order chi connectivity index (χ0) is 13.2. The Kier molecular flexibility index (Phi) is 3.53. The Bertz CT molecular complexity index is 699. The summed E-state index contributed by atoms with van der Waals surface area (Å²) in [6, 6.07) is 4.28. The van der Waals surface area contributed by atoms with Crippen LogP contribution in [-0.4, -0.2) is 19.9 Å². The SMILES string of the molecule is CCCCNS(=O)(=O)c1ccc2[nH]c(=O)oc2c1. The van der Waals surface area contributed by atoms with Crippen LogP contribution < -0.4 is 10.5 Å². The van der Waals surface area contributed by atoms with E-state index in [-0.39, 0.29) is 10.5 Å². The van der Waals surface area contributed by atoms with Gasteiger partial charge in [-0.2, -0.15) is 0 Å². The highest BCUT2D eigenvalue weighted by atomic mass is 32.2. The first-order valence-corrected chi connectivity index (χ1v) is 7.14. The number of hydrogen-bond donors (Lipinski definition) is 2. The second-order valence-electron chi connectivity index (χ2n) is 3.92. The summed E-state index contributed by atoms with van der Waals surface area (Å²) in [7, 11) is -3.54. The van der Waals surface area contributed by atoms with Gasteiger partial charge in [0.2, 0.25) is 10.0 Å². The fraction of sp³-hybridized carbons (Fsp3) is 0.364. The summed E-state index contributed by atoms with van der Waals surface area (Å²) in [5.74, 6) is -0.599. The highest BCUT2D eigenvalue weighted by Crippen LogP contribution is 2.16. The molecule has 0 aliphatic carbocycles. The average molecular weight is 270 g/mol. The number of aromatic nitrogens is 1. The minimum absolute atomic E-state index is 0.0915. The molecule has 18 heavy (non-hydrogen) atoms. The van der Waals surface area contributed by atoms with E-state index in [1.54, 1.807) is 0 Å². The summed E-state index contributed by atoms with van der Waals surface area (Å²) in [6.07, 6.45) is 1.69. The molecule has 0 saturated heterocycles. The van der Waals surface area contributed by atoms with Crippen LogP contribution in [-0.2, 0) is 10.0 Å². The molecule has 2 N–H and O–H groups in total. The molecule has 0 amide bonds. The van der Waals surface area contributed by atoms with Gasteiger partial charge < -0.3 is 4.42 Å². The minimum Gasteiger partial charge on any atom is -0.408 e. The van der Waals surface area contributed by atoms with Gasteiger partial charge in [-0.15, -0.1) is 0 Å². The highest BCUT2D eigenvalue weighted by molar-refractivity contribution is 7.89. The van der Waals surface area contributed by atoms with Gasteiger partial charge >= 0.3 is 5.76 Å². The van der Waals surface area contributed by atoms with Gasteiger partial charge in [-0.3, -0.25) is 4.98 Å². The lowest BCUT2D eigenvalue weighted by Crippen LogP contribution is -2.24.